The Labute approximate surface area is 219 Å². The van der Waals surface area contributed by atoms with E-state index < -0.39 is 4.92 Å². The van der Waals surface area contributed by atoms with Gasteiger partial charge >= 0.3 is 0 Å². The van der Waals surface area contributed by atoms with E-state index >= 15 is 0 Å². The normalized spacial score (nSPS) is 15.7. The van der Waals surface area contributed by atoms with Gasteiger partial charge in [-0.25, -0.2) is 4.98 Å². The fraction of sp³-hybridized carbons (Fsp3) is 0.0385. The lowest BCUT2D eigenvalue weighted by atomic mass is 10.1. The van der Waals surface area contributed by atoms with Gasteiger partial charge in [-0.05, 0) is 59.3 Å². The molecule has 1 aromatic heterocycles. The lowest BCUT2D eigenvalue weighted by molar-refractivity contribution is -0.384. The molecule has 1 aliphatic rings. The fourth-order valence-corrected chi connectivity index (χ4v) is 5.59. The van der Waals surface area contributed by atoms with E-state index in [0.717, 1.165) is 10.4 Å². The number of hydrogen-bond donors (Lipinski definition) is 0. The highest BCUT2D eigenvalue weighted by atomic mass is 35.5. The number of aromatic nitrogens is 1. The number of halogens is 1. The van der Waals surface area contributed by atoms with Crippen LogP contribution in [0.5, 0.6) is 0 Å². The zero-order chi connectivity index (χ0) is 25.1. The summed E-state index contributed by atoms with van der Waals surface area (Å²) >= 11 is 8.97. The van der Waals surface area contributed by atoms with Crippen LogP contribution in [0.15, 0.2) is 95.0 Å². The summed E-state index contributed by atoms with van der Waals surface area (Å²) in [5, 5.41) is 12.7. The van der Waals surface area contributed by atoms with Gasteiger partial charge in [0.05, 0.1) is 15.5 Å². The molecule has 1 fully saturated rings. The van der Waals surface area contributed by atoms with Crippen LogP contribution < -0.4 is 4.90 Å². The highest BCUT2D eigenvalue weighted by molar-refractivity contribution is 8.19. The van der Waals surface area contributed by atoms with Crippen molar-refractivity contribution in [2.45, 2.75) is 6.42 Å². The Morgan fingerprint density at radius 2 is 1.75 bits per heavy atom. The number of carbonyl (C=O) groups is 1. The molecule has 178 valence electrons. The minimum atomic E-state index is -0.456. The summed E-state index contributed by atoms with van der Waals surface area (Å²) in [6.07, 6.45) is 4.12. The van der Waals surface area contributed by atoms with E-state index in [4.69, 9.17) is 16.6 Å². The summed E-state index contributed by atoms with van der Waals surface area (Å²) in [6, 6.07) is 23.0. The van der Waals surface area contributed by atoms with E-state index in [2.05, 4.69) is 4.98 Å². The summed E-state index contributed by atoms with van der Waals surface area (Å²) in [6.45, 7) is 0. The second kappa shape index (κ2) is 10.4. The van der Waals surface area contributed by atoms with Crippen LogP contribution in [-0.2, 0) is 11.2 Å². The zero-order valence-corrected chi connectivity index (χ0v) is 21.0. The van der Waals surface area contributed by atoms with E-state index in [1.807, 2.05) is 54.6 Å². The molecule has 1 saturated heterocycles. The maximum Gasteiger partial charge on any atom is 0.271 e. The number of rotatable bonds is 6. The SMILES string of the molecule is O=C1/C(=C/c2ccc([N+](=O)[O-])cc2)S/C(=N/c2ncc(Cc3ccccc3Cl)s2)N1c1ccccc1. The molecule has 5 rings (SSSR count). The topological polar surface area (TPSA) is 88.7 Å². The van der Waals surface area contributed by atoms with Gasteiger partial charge in [-0.2, -0.15) is 4.99 Å². The molecular formula is C26H17ClN4O3S2. The van der Waals surface area contributed by atoms with Crippen molar-refractivity contribution in [1.82, 2.24) is 4.98 Å². The van der Waals surface area contributed by atoms with Gasteiger partial charge in [0, 0.05) is 34.7 Å². The monoisotopic (exact) mass is 532 g/mol. The number of anilines is 1. The number of amidine groups is 1. The molecular weight excluding hydrogens is 516 g/mol. The molecule has 0 N–H and O–H groups in total. The van der Waals surface area contributed by atoms with Crippen LogP contribution in [0.4, 0.5) is 16.5 Å². The van der Waals surface area contributed by atoms with Crippen molar-refractivity contribution in [3.8, 4) is 0 Å². The van der Waals surface area contributed by atoms with Crippen molar-refractivity contribution in [1.29, 1.82) is 0 Å². The van der Waals surface area contributed by atoms with E-state index in [1.165, 1.54) is 35.2 Å². The third-order valence-corrected chi connectivity index (χ3v) is 7.51. The Morgan fingerprint density at radius 3 is 2.47 bits per heavy atom. The third kappa shape index (κ3) is 5.23. The molecule has 0 aliphatic carbocycles. The number of thiazole rings is 1. The van der Waals surface area contributed by atoms with Crippen molar-refractivity contribution in [2.24, 2.45) is 4.99 Å². The minimum absolute atomic E-state index is 0.00733. The van der Waals surface area contributed by atoms with Gasteiger partial charge in [-0.1, -0.05) is 59.3 Å². The van der Waals surface area contributed by atoms with E-state index in [-0.39, 0.29) is 11.6 Å². The number of nitro benzene ring substituents is 1. The summed E-state index contributed by atoms with van der Waals surface area (Å²) in [5.74, 6) is -0.226. The van der Waals surface area contributed by atoms with Gasteiger partial charge in [-0.3, -0.25) is 19.8 Å². The summed E-state index contributed by atoms with van der Waals surface area (Å²) in [7, 11) is 0. The Kier molecular flexibility index (Phi) is 6.95. The zero-order valence-electron chi connectivity index (χ0n) is 18.6. The van der Waals surface area contributed by atoms with Crippen molar-refractivity contribution < 1.29 is 9.72 Å². The van der Waals surface area contributed by atoms with Crippen molar-refractivity contribution >= 4 is 68.4 Å². The van der Waals surface area contributed by atoms with Crippen LogP contribution in [0.1, 0.15) is 16.0 Å². The largest absolute Gasteiger partial charge is 0.271 e. The average molecular weight is 533 g/mol. The molecule has 0 radical (unpaired) electrons. The quantitative estimate of drug-likeness (QED) is 0.150. The molecule has 4 aromatic rings. The van der Waals surface area contributed by atoms with Gasteiger partial charge in [-0.15, -0.1) is 0 Å². The first-order chi connectivity index (χ1) is 17.5. The lowest BCUT2D eigenvalue weighted by Crippen LogP contribution is -2.28. The minimum Gasteiger partial charge on any atom is -0.268 e. The summed E-state index contributed by atoms with van der Waals surface area (Å²) < 4.78 is 0. The Bertz CT molecular complexity index is 1500. The van der Waals surface area contributed by atoms with E-state index in [1.54, 1.807) is 29.3 Å². The Hall–Kier alpha value is -3.79. The van der Waals surface area contributed by atoms with Crippen molar-refractivity contribution in [3.05, 3.63) is 121 Å². The summed E-state index contributed by atoms with van der Waals surface area (Å²) in [5.41, 5.74) is 2.37. The number of para-hydroxylation sites is 1. The first-order valence-corrected chi connectivity index (χ1v) is 12.8. The predicted octanol–water partition coefficient (Wildman–Crippen LogP) is 7.10. The average Bonchev–Trinajstić information content (AvgIpc) is 3.45. The Balaban J connectivity index is 1.46. The molecule has 0 saturated carbocycles. The fourth-order valence-electron chi connectivity index (χ4n) is 3.54. The van der Waals surface area contributed by atoms with Gasteiger partial charge in [0.25, 0.3) is 11.6 Å². The number of non-ortho nitro benzene ring substituents is 1. The van der Waals surface area contributed by atoms with Crippen molar-refractivity contribution in [2.75, 3.05) is 4.90 Å². The predicted molar refractivity (Wildman–Crippen MR) is 146 cm³/mol. The molecule has 1 aliphatic heterocycles. The second-order valence-electron chi connectivity index (χ2n) is 7.71. The molecule has 0 bridgehead atoms. The van der Waals surface area contributed by atoms with Gasteiger partial charge in [0.2, 0.25) is 5.13 Å². The van der Waals surface area contributed by atoms with Crippen LogP contribution in [0.25, 0.3) is 6.08 Å². The first kappa shape index (κ1) is 23.9. The third-order valence-electron chi connectivity index (χ3n) is 5.28. The number of hydrogen-bond acceptors (Lipinski definition) is 7. The van der Waals surface area contributed by atoms with Crippen LogP contribution in [0.2, 0.25) is 5.02 Å². The highest BCUT2D eigenvalue weighted by Gasteiger charge is 2.35. The molecule has 36 heavy (non-hydrogen) atoms. The maximum atomic E-state index is 13.4. The molecule has 2 heterocycles. The van der Waals surface area contributed by atoms with Gasteiger partial charge < -0.3 is 0 Å². The molecule has 7 nitrogen and oxygen atoms in total. The Morgan fingerprint density at radius 1 is 1.03 bits per heavy atom. The van der Waals surface area contributed by atoms with Crippen LogP contribution in [0.3, 0.4) is 0 Å². The number of thioether (sulfide) groups is 1. The number of nitrogens with zero attached hydrogens (tertiary/aromatic N) is 4. The smallest absolute Gasteiger partial charge is 0.268 e. The molecule has 3 aromatic carbocycles. The van der Waals surface area contributed by atoms with Crippen LogP contribution in [0, 0.1) is 10.1 Å². The highest BCUT2D eigenvalue weighted by Crippen LogP contribution is 2.38. The molecule has 0 unspecified atom stereocenters. The van der Waals surface area contributed by atoms with E-state index in [9.17, 15) is 14.9 Å². The number of carbonyl (C=O) groups excluding carboxylic acids is 1. The van der Waals surface area contributed by atoms with E-state index in [0.29, 0.717) is 37.9 Å². The van der Waals surface area contributed by atoms with Crippen LogP contribution >= 0.6 is 34.7 Å². The number of amides is 1. The second-order valence-corrected chi connectivity index (χ2v) is 10.2. The standard InChI is InChI=1S/C26H17ClN4O3S2/c27-22-9-5-4-6-18(22)15-21-16-28-25(35-21)29-26-30(19-7-2-1-3-8-19)24(32)23(36-26)14-17-10-12-20(13-11-17)31(33)34/h1-14,16H,15H2/b23-14-,29-26+. The number of aliphatic imine (C=N–C) groups is 1. The molecule has 1 amide bonds. The first-order valence-electron chi connectivity index (χ1n) is 10.8. The number of benzene rings is 3. The number of nitro groups is 1. The molecule has 0 spiro atoms. The van der Waals surface area contributed by atoms with Crippen molar-refractivity contribution in [3.63, 3.8) is 0 Å². The molecule has 0 atom stereocenters. The molecule has 10 heteroatoms. The van der Waals surface area contributed by atoms with Crippen LogP contribution in [-0.4, -0.2) is 21.0 Å². The summed E-state index contributed by atoms with van der Waals surface area (Å²) in [4.78, 5) is 36.0. The maximum absolute atomic E-state index is 13.4. The van der Waals surface area contributed by atoms with Gasteiger partial charge in [0.1, 0.15) is 0 Å². The van der Waals surface area contributed by atoms with Gasteiger partial charge in [0.15, 0.2) is 5.17 Å². The lowest BCUT2D eigenvalue weighted by Gasteiger charge is -2.14.